The average molecular weight is 374 g/mol. The third-order valence-electron chi connectivity index (χ3n) is 4.43. The molecule has 0 bridgehead atoms. The minimum atomic E-state index is 0.585. The van der Waals surface area contributed by atoms with E-state index < -0.39 is 0 Å². The van der Waals surface area contributed by atoms with Crippen LogP contribution in [0.3, 0.4) is 0 Å². The van der Waals surface area contributed by atoms with Crippen LogP contribution in [0.15, 0.2) is 0 Å². The number of hydrogen-bond acceptors (Lipinski definition) is 6. The molecule has 0 aromatic heterocycles. The van der Waals surface area contributed by atoms with E-state index in [4.69, 9.17) is 14.2 Å². The van der Waals surface area contributed by atoms with Gasteiger partial charge in [-0.25, -0.2) is 0 Å². The topological polar surface area (TPSA) is 55.0 Å². The number of rotatable bonds is 16. The Bertz CT molecular complexity index is 309. The van der Waals surface area contributed by atoms with Crippen molar-refractivity contribution in [2.24, 2.45) is 5.92 Å². The number of hydrogen-bond donors (Lipinski definition) is 2. The summed E-state index contributed by atoms with van der Waals surface area (Å²) in [6.07, 6.45) is 2.49. The largest absolute Gasteiger partial charge is 0.378 e. The van der Waals surface area contributed by atoms with Crippen molar-refractivity contribution in [3.05, 3.63) is 0 Å². The van der Waals surface area contributed by atoms with Gasteiger partial charge >= 0.3 is 0 Å². The normalized spacial score (nSPS) is 16.8. The lowest BCUT2D eigenvalue weighted by molar-refractivity contribution is 0.00976. The molecule has 1 saturated heterocycles. The van der Waals surface area contributed by atoms with Gasteiger partial charge in [0.2, 0.25) is 0 Å². The molecule has 0 spiro atoms. The van der Waals surface area contributed by atoms with Gasteiger partial charge in [-0.05, 0) is 38.4 Å². The Kier molecular flexibility index (Phi) is 14.4. The van der Waals surface area contributed by atoms with Crippen LogP contribution >= 0.6 is 0 Å². The zero-order valence-corrected chi connectivity index (χ0v) is 17.6. The molecular weight excluding hydrogens is 330 g/mol. The molecule has 26 heavy (non-hydrogen) atoms. The number of nitrogens with one attached hydrogen (secondary N) is 2. The molecular formula is C20H43N3O3. The van der Waals surface area contributed by atoms with Crippen LogP contribution in [0.5, 0.6) is 0 Å². The van der Waals surface area contributed by atoms with Crippen molar-refractivity contribution in [1.82, 2.24) is 15.5 Å². The van der Waals surface area contributed by atoms with Crippen molar-refractivity contribution < 1.29 is 14.2 Å². The number of ether oxygens (including phenoxy) is 3. The molecule has 1 aliphatic rings. The van der Waals surface area contributed by atoms with Crippen LogP contribution in [0.25, 0.3) is 0 Å². The molecule has 0 amide bonds. The number of likely N-dealkylation sites (tertiary alicyclic amines) is 1. The van der Waals surface area contributed by atoms with Crippen molar-refractivity contribution in [2.75, 3.05) is 72.4 Å². The van der Waals surface area contributed by atoms with Gasteiger partial charge in [0.25, 0.3) is 0 Å². The second-order valence-corrected chi connectivity index (χ2v) is 7.87. The van der Waals surface area contributed by atoms with Crippen LogP contribution in [0.4, 0.5) is 0 Å². The van der Waals surface area contributed by atoms with Crippen molar-refractivity contribution in [2.45, 2.75) is 52.6 Å². The zero-order chi connectivity index (χ0) is 19.0. The van der Waals surface area contributed by atoms with Crippen molar-refractivity contribution >= 4 is 0 Å². The van der Waals surface area contributed by atoms with E-state index in [1.807, 2.05) is 0 Å². The molecule has 156 valence electrons. The highest BCUT2D eigenvalue weighted by Crippen LogP contribution is 2.10. The summed E-state index contributed by atoms with van der Waals surface area (Å²) in [5.74, 6) is 0.687. The lowest BCUT2D eigenvalue weighted by atomic mass is 10.0. The predicted molar refractivity (Wildman–Crippen MR) is 108 cm³/mol. The van der Waals surface area contributed by atoms with E-state index in [2.05, 4.69) is 43.2 Å². The maximum absolute atomic E-state index is 5.68. The van der Waals surface area contributed by atoms with Gasteiger partial charge in [0.05, 0.1) is 39.6 Å². The van der Waals surface area contributed by atoms with E-state index in [0.29, 0.717) is 44.4 Å². The van der Waals surface area contributed by atoms with Crippen LogP contribution < -0.4 is 10.6 Å². The Morgan fingerprint density at radius 2 is 1.42 bits per heavy atom. The van der Waals surface area contributed by atoms with E-state index in [-0.39, 0.29) is 0 Å². The highest BCUT2D eigenvalue weighted by atomic mass is 16.5. The molecule has 0 aromatic carbocycles. The second-order valence-electron chi connectivity index (χ2n) is 7.87. The molecule has 0 aliphatic carbocycles. The standard InChI is InChI=1S/C20H43N3O3/c1-18(2)17-21-7-11-24-13-15-26-16-14-25-12-10-23-8-5-20(6-9-23)22-19(3)4/h18-22H,5-17H2,1-4H3. The fourth-order valence-corrected chi connectivity index (χ4v) is 3.07. The monoisotopic (exact) mass is 373 g/mol. The predicted octanol–water partition coefficient (Wildman–Crippen LogP) is 1.74. The zero-order valence-electron chi connectivity index (χ0n) is 17.6. The minimum Gasteiger partial charge on any atom is -0.378 e. The van der Waals surface area contributed by atoms with E-state index in [1.54, 1.807) is 0 Å². The first-order chi connectivity index (χ1) is 12.6. The van der Waals surface area contributed by atoms with Crippen molar-refractivity contribution in [3.63, 3.8) is 0 Å². The molecule has 1 heterocycles. The quantitative estimate of drug-likeness (QED) is 0.402. The van der Waals surface area contributed by atoms with Crippen LogP contribution in [0.2, 0.25) is 0 Å². The third kappa shape index (κ3) is 13.9. The van der Waals surface area contributed by atoms with Gasteiger partial charge in [-0.2, -0.15) is 0 Å². The van der Waals surface area contributed by atoms with Gasteiger partial charge in [0, 0.05) is 25.2 Å². The molecule has 0 radical (unpaired) electrons. The first kappa shape index (κ1) is 23.8. The Morgan fingerprint density at radius 3 is 2.00 bits per heavy atom. The molecule has 0 aromatic rings. The SMILES string of the molecule is CC(C)CNCCOCCOCCOCCN1CCC(NC(C)C)CC1. The summed E-state index contributed by atoms with van der Waals surface area (Å²) in [6.45, 7) is 18.3. The van der Waals surface area contributed by atoms with Gasteiger partial charge in [0.15, 0.2) is 0 Å². The molecule has 0 saturated carbocycles. The lowest BCUT2D eigenvalue weighted by Gasteiger charge is -2.33. The molecule has 0 atom stereocenters. The number of piperidine rings is 1. The Labute approximate surface area is 161 Å². The smallest absolute Gasteiger partial charge is 0.0701 e. The molecule has 1 fully saturated rings. The van der Waals surface area contributed by atoms with Crippen LogP contribution in [-0.4, -0.2) is 89.3 Å². The summed E-state index contributed by atoms with van der Waals surface area (Å²) in [4.78, 5) is 2.50. The van der Waals surface area contributed by atoms with E-state index in [1.165, 1.54) is 25.9 Å². The number of nitrogens with zero attached hydrogens (tertiary/aromatic N) is 1. The van der Waals surface area contributed by atoms with Gasteiger partial charge in [-0.15, -0.1) is 0 Å². The van der Waals surface area contributed by atoms with Crippen LogP contribution in [0.1, 0.15) is 40.5 Å². The van der Waals surface area contributed by atoms with Crippen LogP contribution in [0, 0.1) is 5.92 Å². The first-order valence-electron chi connectivity index (χ1n) is 10.5. The minimum absolute atomic E-state index is 0.585. The highest BCUT2D eigenvalue weighted by Gasteiger charge is 2.18. The van der Waals surface area contributed by atoms with Crippen LogP contribution in [-0.2, 0) is 14.2 Å². The van der Waals surface area contributed by atoms with Gasteiger partial charge in [-0.1, -0.05) is 27.7 Å². The molecule has 6 nitrogen and oxygen atoms in total. The van der Waals surface area contributed by atoms with Gasteiger partial charge in [0.1, 0.15) is 0 Å². The van der Waals surface area contributed by atoms with Crippen molar-refractivity contribution in [3.8, 4) is 0 Å². The average Bonchev–Trinajstić information content (AvgIpc) is 2.59. The summed E-state index contributed by atoms with van der Waals surface area (Å²) >= 11 is 0. The summed E-state index contributed by atoms with van der Waals surface area (Å²) < 4.78 is 16.7. The Hall–Kier alpha value is -0.240. The molecule has 1 aliphatic heterocycles. The summed E-state index contributed by atoms with van der Waals surface area (Å²) in [5, 5.41) is 6.99. The molecule has 1 rings (SSSR count). The Balaban J connectivity index is 1.77. The summed E-state index contributed by atoms with van der Waals surface area (Å²) in [7, 11) is 0. The fourth-order valence-electron chi connectivity index (χ4n) is 3.07. The summed E-state index contributed by atoms with van der Waals surface area (Å²) in [5.41, 5.74) is 0. The van der Waals surface area contributed by atoms with E-state index in [0.717, 1.165) is 32.8 Å². The maximum atomic E-state index is 5.68. The fraction of sp³-hybridized carbons (Fsp3) is 1.00. The molecule has 2 N–H and O–H groups in total. The molecule has 6 heteroatoms. The second kappa shape index (κ2) is 15.8. The highest BCUT2D eigenvalue weighted by molar-refractivity contribution is 4.78. The first-order valence-corrected chi connectivity index (χ1v) is 10.5. The van der Waals surface area contributed by atoms with Gasteiger partial charge in [-0.3, -0.25) is 0 Å². The Morgan fingerprint density at radius 1 is 0.846 bits per heavy atom. The van der Waals surface area contributed by atoms with Crippen molar-refractivity contribution in [1.29, 1.82) is 0 Å². The molecule has 0 unspecified atom stereocenters. The lowest BCUT2D eigenvalue weighted by Crippen LogP contribution is -2.45. The maximum Gasteiger partial charge on any atom is 0.0701 e. The van der Waals surface area contributed by atoms with E-state index in [9.17, 15) is 0 Å². The van der Waals surface area contributed by atoms with Gasteiger partial charge < -0.3 is 29.7 Å². The third-order valence-corrected chi connectivity index (χ3v) is 4.43. The van der Waals surface area contributed by atoms with E-state index >= 15 is 0 Å². The summed E-state index contributed by atoms with van der Waals surface area (Å²) in [6, 6.07) is 1.27.